The number of ether oxygens (including phenoxy) is 2. The molecule has 2 heterocycles. The van der Waals surface area contributed by atoms with Gasteiger partial charge in [0, 0.05) is 25.6 Å². The zero-order valence-corrected chi connectivity index (χ0v) is 14.2. The number of nitrogens with zero attached hydrogens (tertiary/aromatic N) is 1. The van der Waals surface area contributed by atoms with Crippen molar-refractivity contribution in [3.05, 3.63) is 35.4 Å². The van der Waals surface area contributed by atoms with Crippen molar-refractivity contribution in [3.63, 3.8) is 0 Å². The predicted octanol–water partition coefficient (Wildman–Crippen LogP) is 1.51. The zero-order chi connectivity index (χ0) is 17.8. The molecule has 1 fully saturated rings. The minimum atomic E-state index is -0.802. The molecule has 1 aromatic rings. The van der Waals surface area contributed by atoms with Crippen LogP contribution >= 0.6 is 0 Å². The topological polar surface area (TPSA) is 84.9 Å². The van der Waals surface area contributed by atoms with E-state index in [2.05, 4.69) is 5.32 Å². The summed E-state index contributed by atoms with van der Waals surface area (Å²) < 4.78 is 10.2. The van der Waals surface area contributed by atoms with Gasteiger partial charge < -0.3 is 19.7 Å². The molecule has 1 aromatic carbocycles. The van der Waals surface area contributed by atoms with E-state index in [4.69, 9.17) is 9.47 Å². The van der Waals surface area contributed by atoms with Gasteiger partial charge in [-0.1, -0.05) is 18.2 Å². The van der Waals surface area contributed by atoms with E-state index in [0.717, 1.165) is 18.4 Å². The molecule has 7 nitrogen and oxygen atoms in total. The lowest BCUT2D eigenvalue weighted by atomic mass is 9.97. The molecule has 2 amide bonds. The number of benzene rings is 1. The molecule has 0 aromatic heterocycles. The number of amides is 2. The van der Waals surface area contributed by atoms with Crippen molar-refractivity contribution in [1.29, 1.82) is 0 Å². The number of hydrogen-bond acceptors (Lipinski definition) is 5. The van der Waals surface area contributed by atoms with E-state index in [1.165, 1.54) is 0 Å². The van der Waals surface area contributed by atoms with Gasteiger partial charge in [0.05, 0.1) is 12.2 Å². The fraction of sp³-hybridized carbons (Fsp3) is 0.500. The number of carbonyl (C=O) groups is 3. The van der Waals surface area contributed by atoms with Crippen molar-refractivity contribution in [2.45, 2.75) is 38.3 Å². The summed E-state index contributed by atoms with van der Waals surface area (Å²) in [6, 6.07) is 7.02. The third kappa shape index (κ3) is 3.92. The fourth-order valence-electron chi connectivity index (χ4n) is 3.31. The Hall–Kier alpha value is -2.57. The van der Waals surface area contributed by atoms with Gasteiger partial charge in [-0.3, -0.25) is 4.79 Å². The first-order valence-corrected chi connectivity index (χ1v) is 8.59. The lowest BCUT2D eigenvalue weighted by Gasteiger charge is -2.35. The van der Waals surface area contributed by atoms with Crippen LogP contribution in [0.4, 0.5) is 4.79 Å². The van der Waals surface area contributed by atoms with Crippen LogP contribution in [0.25, 0.3) is 0 Å². The Morgan fingerprint density at radius 3 is 2.96 bits per heavy atom. The molecule has 0 bridgehead atoms. The molecular weight excluding hydrogens is 324 g/mol. The maximum absolute atomic E-state index is 12.8. The molecule has 1 saturated heterocycles. The number of alkyl carbamates (subject to hydrolysis) is 1. The number of rotatable bonds is 3. The molecule has 2 aliphatic rings. The lowest BCUT2D eigenvalue weighted by Crippen LogP contribution is -2.53. The molecule has 134 valence electrons. The van der Waals surface area contributed by atoms with E-state index in [9.17, 15) is 14.4 Å². The summed E-state index contributed by atoms with van der Waals surface area (Å²) >= 11 is 0. The first-order valence-electron chi connectivity index (χ1n) is 8.59. The molecule has 0 spiro atoms. The van der Waals surface area contributed by atoms with Crippen LogP contribution in [0.3, 0.4) is 0 Å². The van der Waals surface area contributed by atoms with E-state index < -0.39 is 18.2 Å². The van der Waals surface area contributed by atoms with Gasteiger partial charge in [0.2, 0.25) is 0 Å². The SMILES string of the molecule is CCOC(=O)N[C@H]1CCCN(C(=O)[C@@H]2Cc3ccccc3C(=O)O2)C1. The summed E-state index contributed by atoms with van der Waals surface area (Å²) in [6.45, 7) is 3.03. The third-order valence-corrected chi connectivity index (χ3v) is 4.50. The maximum Gasteiger partial charge on any atom is 0.407 e. The van der Waals surface area contributed by atoms with Crippen molar-refractivity contribution < 1.29 is 23.9 Å². The van der Waals surface area contributed by atoms with Crippen LogP contribution in [0, 0.1) is 0 Å². The molecule has 0 saturated carbocycles. The second-order valence-corrected chi connectivity index (χ2v) is 6.24. The highest BCUT2D eigenvalue weighted by Crippen LogP contribution is 2.23. The van der Waals surface area contributed by atoms with Gasteiger partial charge >= 0.3 is 12.1 Å². The normalized spacial score (nSPS) is 22.6. The minimum absolute atomic E-state index is 0.150. The number of fused-ring (bicyclic) bond motifs is 1. The van der Waals surface area contributed by atoms with Gasteiger partial charge in [-0.2, -0.15) is 0 Å². The van der Waals surface area contributed by atoms with Crippen LogP contribution in [-0.4, -0.2) is 54.7 Å². The average molecular weight is 346 g/mol. The molecule has 0 unspecified atom stereocenters. The largest absolute Gasteiger partial charge is 0.450 e. The maximum atomic E-state index is 12.8. The summed E-state index contributed by atoms with van der Waals surface area (Å²) in [5.41, 5.74) is 1.35. The Morgan fingerprint density at radius 2 is 2.16 bits per heavy atom. The standard InChI is InChI=1S/C18H22N2O5/c1-2-24-18(23)19-13-7-5-9-20(11-13)16(21)15-10-12-6-3-4-8-14(12)17(22)25-15/h3-4,6,8,13,15H,2,5,7,9-11H2,1H3,(H,19,23)/t13-,15-/m0/s1. The van der Waals surface area contributed by atoms with Gasteiger partial charge in [0.1, 0.15) is 0 Å². The number of carbonyl (C=O) groups excluding carboxylic acids is 3. The summed E-state index contributed by atoms with van der Waals surface area (Å²) in [7, 11) is 0. The van der Waals surface area contributed by atoms with Crippen LogP contribution in [0.2, 0.25) is 0 Å². The highest BCUT2D eigenvalue weighted by molar-refractivity contribution is 5.95. The minimum Gasteiger partial charge on any atom is -0.450 e. The smallest absolute Gasteiger partial charge is 0.407 e. The van der Waals surface area contributed by atoms with Crippen molar-refractivity contribution in [1.82, 2.24) is 10.2 Å². The monoisotopic (exact) mass is 346 g/mol. The lowest BCUT2D eigenvalue weighted by molar-refractivity contribution is -0.142. The van der Waals surface area contributed by atoms with Crippen molar-refractivity contribution in [2.75, 3.05) is 19.7 Å². The molecule has 2 atom stereocenters. The van der Waals surface area contributed by atoms with Crippen molar-refractivity contribution >= 4 is 18.0 Å². The fourth-order valence-corrected chi connectivity index (χ4v) is 3.31. The van der Waals surface area contributed by atoms with Gasteiger partial charge in [-0.25, -0.2) is 9.59 Å². The van der Waals surface area contributed by atoms with Crippen LogP contribution in [0.5, 0.6) is 0 Å². The number of cyclic esters (lactones) is 1. The Balaban J connectivity index is 1.63. The zero-order valence-electron chi connectivity index (χ0n) is 14.2. The van der Waals surface area contributed by atoms with Crippen molar-refractivity contribution in [3.8, 4) is 0 Å². The van der Waals surface area contributed by atoms with Crippen LogP contribution in [0.1, 0.15) is 35.7 Å². The highest BCUT2D eigenvalue weighted by atomic mass is 16.6. The molecule has 0 radical (unpaired) electrons. The summed E-state index contributed by atoms with van der Waals surface area (Å²) in [5.74, 6) is -0.670. The Bertz CT molecular complexity index is 675. The number of nitrogens with one attached hydrogen (secondary N) is 1. The Kier molecular flexibility index (Phi) is 5.21. The predicted molar refractivity (Wildman–Crippen MR) is 89.1 cm³/mol. The quantitative estimate of drug-likeness (QED) is 0.839. The van der Waals surface area contributed by atoms with E-state index in [1.807, 2.05) is 12.1 Å². The van der Waals surface area contributed by atoms with E-state index in [0.29, 0.717) is 31.7 Å². The molecule has 0 aliphatic carbocycles. The van der Waals surface area contributed by atoms with Crippen LogP contribution < -0.4 is 5.32 Å². The number of esters is 1. The second-order valence-electron chi connectivity index (χ2n) is 6.24. The van der Waals surface area contributed by atoms with Gasteiger partial charge in [-0.15, -0.1) is 0 Å². The molecule has 1 N–H and O–H groups in total. The second kappa shape index (κ2) is 7.55. The van der Waals surface area contributed by atoms with Crippen molar-refractivity contribution in [2.24, 2.45) is 0 Å². The molecule has 3 rings (SSSR count). The van der Waals surface area contributed by atoms with Gasteiger partial charge in [0.15, 0.2) is 6.10 Å². The first-order chi connectivity index (χ1) is 12.1. The highest BCUT2D eigenvalue weighted by Gasteiger charge is 2.35. The summed E-state index contributed by atoms with van der Waals surface area (Å²) in [6.07, 6.45) is 0.673. The van der Waals surface area contributed by atoms with E-state index in [-0.39, 0.29) is 11.9 Å². The first kappa shape index (κ1) is 17.3. The number of likely N-dealkylation sites (tertiary alicyclic amines) is 1. The molecule has 2 aliphatic heterocycles. The summed E-state index contributed by atoms with van der Waals surface area (Å²) in [4.78, 5) is 38.1. The third-order valence-electron chi connectivity index (χ3n) is 4.50. The molecular formula is C18H22N2O5. The Morgan fingerprint density at radius 1 is 1.36 bits per heavy atom. The van der Waals surface area contributed by atoms with Gasteiger partial charge in [0.25, 0.3) is 5.91 Å². The van der Waals surface area contributed by atoms with Gasteiger partial charge in [-0.05, 0) is 31.4 Å². The molecule has 25 heavy (non-hydrogen) atoms. The van der Waals surface area contributed by atoms with Crippen LogP contribution in [-0.2, 0) is 20.7 Å². The Labute approximate surface area is 146 Å². The number of hydrogen-bond donors (Lipinski definition) is 1. The number of piperidine rings is 1. The molecule has 7 heteroatoms. The van der Waals surface area contributed by atoms with Crippen LogP contribution in [0.15, 0.2) is 24.3 Å². The van der Waals surface area contributed by atoms with E-state index in [1.54, 1.807) is 24.0 Å². The average Bonchev–Trinajstić information content (AvgIpc) is 2.61. The van der Waals surface area contributed by atoms with E-state index >= 15 is 0 Å². The summed E-state index contributed by atoms with van der Waals surface area (Å²) in [5, 5.41) is 2.77.